The van der Waals surface area contributed by atoms with E-state index >= 15 is 0 Å². The lowest BCUT2D eigenvalue weighted by Crippen LogP contribution is -2.27. The molecular weight excluding hydrogens is 641 g/mol. The van der Waals surface area contributed by atoms with Crippen LogP contribution < -0.4 is 0 Å². The fourth-order valence-electron chi connectivity index (χ4n) is 7.27. The molecule has 310 valence electrons. The fraction of sp³-hybridized carbons (Fsp3) is 0.938. The normalized spacial score (nSPS) is 12.3. The smallest absolute Gasteiger partial charge is 0.306 e. The second-order valence-corrected chi connectivity index (χ2v) is 16.2. The largest absolute Gasteiger partial charge is 0.457 e. The van der Waals surface area contributed by atoms with Crippen LogP contribution in [0.3, 0.4) is 0 Å². The van der Waals surface area contributed by atoms with Gasteiger partial charge in [0.15, 0.2) is 0 Å². The van der Waals surface area contributed by atoms with Gasteiger partial charge in [-0.1, -0.05) is 231 Å². The molecule has 0 saturated heterocycles. The number of carbonyl (C=O) groups excluding carboxylic acids is 1. The Morgan fingerprint density at radius 3 is 1.10 bits per heavy atom. The Morgan fingerprint density at radius 2 is 0.750 bits per heavy atom. The first-order valence-corrected chi connectivity index (χ1v) is 23.8. The van der Waals surface area contributed by atoms with Crippen molar-refractivity contribution in [1.82, 2.24) is 0 Å². The summed E-state index contributed by atoms with van der Waals surface area (Å²) >= 11 is 0. The summed E-state index contributed by atoms with van der Waals surface area (Å²) in [6.45, 7) is 5.38. The molecule has 1 N–H and O–H groups in total. The maximum absolute atomic E-state index is 12.2. The van der Waals surface area contributed by atoms with Crippen molar-refractivity contribution in [2.24, 2.45) is 0 Å². The zero-order valence-electron chi connectivity index (χ0n) is 35.6. The monoisotopic (exact) mass is 735 g/mol. The molecule has 1 atom stereocenters. The molecule has 0 rings (SSSR count). The van der Waals surface area contributed by atoms with Crippen molar-refractivity contribution in [3.63, 3.8) is 0 Å². The predicted molar refractivity (Wildman–Crippen MR) is 228 cm³/mol. The van der Waals surface area contributed by atoms with Crippen LogP contribution in [-0.4, -0.2) is 37.0 Å². The number of allylic oxidation sites excluding steroid dienone is 2. The van der Waals surface area contributed by atoms with Crippen molar-refractivity contribution >= 4 is 5.97 Å². The van der Waals surface area contributed by atoms with Gasteiger partial charge in [0, 0.05) is 13.0 Å². The molecule has 0 aromatic heterocycles. The van der Waals surface area contributed by atoms with Crippen molar-refractivity contribution in [2.75, 3.05) is 19.8 Å². The maximum atomic E-state index is 12.2. The molecule has 1 unspecified atom stereocenters. The molecule has 0 spiro atoms. The van der Waals surface area contributed by atoms with Crippen LogP contribution in [0.2, 0.25) is 0 Å². The van der Waals surface area contributed by atoms with E-state index in [4.69, 9.17) is 9.47 Å². The molecule has 0 aromatic carbocycles. The highest BCUT2D eigenvalue weighted by Crippen LogP contribution is 2.16. The van der Waals surface area contributed by atoms with Crippen LogP contribution in [0.4, 0.5) is 0 Å². The van der Waals surface area contributed by atoms with Gasteiger partial charge in [-0.15, -0.1) is 0 Å². The van der Waals surface area contributed by atoms with Crippen LogP contribution in [0, 0.1) is 0 Å². The molecule has 0 fully saturated rings. The van der Waals surface area contributed by atoms with E-state index in [1.165, 1.54) is 225 Å². The Labute approximate surface area is 326 Å². The molecular formula is C48H94O4. The van der Waals surface area contributed by atoms with Crippen molar-refractivity contribution in [3.8, 4) is 0 Å². The summed E-state index contributed by atoms with van der Waals surface area (Å²) in [5, 5.41) is 9.62. The predicted octanol–water partition coefficient (Wildman–Crippen LogP) is 15.7. The fourth-order valence-corrected chi connectivity index (χ4v) is 7.27. The molecule has 0 amide bonds. The van der Waals surface area contributed by atoms with E-state index in [-0.39, 0.29) is 12.6 Å². The van der Waals surface area contributed by atoms with Gasteiger partial charge in [-0.3, -0.25) is 4.79 Å². The second kappa shape index (κ2) is 46.3. The Bertz CT molecular complexity index is 692. The number of hydrogen-bond donors (Lipinski definition) is 1. The van der Waals surface area contributed by atoms with Crippen molar-refractivity contribution in [1.29, 1.82) is 0 Å². The van der Waals surface area contributed by atoms with E-state index in [2.05, 4.69) is 26.0 Å². The Balaban J connectivity index is 3.35. The molecule has 4 heteroatoms. The summed E-state index contributed by atoms with van der Waals surface area (Å²) in [5.74, 6) is -0.196. The standard InChI is InChI=1S/C48H94O4/c1-3-5-7-9-11-13-15-17-19-21-22-23-24-25-26-27-28-29-31-33-35-37-39-41-43-48(50)52-47(45-49)46-51-44-42-40-38-36-34-32-30-20-18-16-14-12-10-8-6-4-2/h18,20,47,49H,3-17,19,21-46H2,1-2H3/b20-18-. The topological polar surface area (TPSA) is 55.8 Å². The third kappa shape index (κ3) is 43.5. The van der Waals surface area contributed by atoms with Crippen LogP contribution in [0.25, 0.3) is 0 Å². The van der Waals surface area contributed by atoms with Gasteiger partial charge < -0.3 is 14.6 Å². The Morgan fingerprint density at radius 1 is 0.442 bits per heavy atom. The molecule has 0 aliphatic rings. The van der Waals surface area contributed by atoms with Crippen molar-refractivity contribution in [3.05, 3.63) is 12.2 Å². The van der Waals surface area contributed by atoms with E-state index < -0.39 is 6.10 Å². The van der Waals surface area contributed by atoms with Crippen LogP contribution in [0.15, 0.2) is 12.2 Å². The number of esters is 1. The number of unbranched alkanes of at least 4 members (excludes halogenated alkanes) is 35. The van der Waals surface area contributed by atoms with E-state index in [9.17, 15) is 9.90 Å². The molecule has 0 saturated carbocycles. The van der Waals surface area contributed by atoms with Gasteiger partial charge in [0.05, 0.1) is 13.2 Å². The number of ether oxygens (including phenoxy) is 2. The summed E-state index contributed by atoms with van der Waals surface area (Å²) in [5.41, 5.74) is 0. The lowest BCUT2D eigenvalue weighted by molar-refractivity contribution is -0.154. The highest BCUT2D eigenvalue weighted by Gasteiger charge is 2.13. The van der Waals surface area contributed by atoms with Gasteiger partial charge in [0.2, 0.25) is 0 Å². The quantitative estimate of drug-likeness (QED) is 0.0384. The molecule has 0 aromatic rings. The molecule has 0 radical (unpaired) electrons. The van der Waals surface area contributed by atoms with Crippen LogP contribution in [0.1, 0.15) is 264 Å². The minimum atomic E-state index is -0.531. The summed E-state index contributed by atoms with van der Waals surface area (Å²) in [6.07, 6.45) is 55.8. The van der Waals surface area contributed by atoms with Gasteiger partial charge in [0.1, 0.15) is 6.10 Å². The van der Waals surface area contributed by atoms with E-state index in [1.807, 2.05) is 0 Å². The van der Waals surface area contributed by atoms with E-state index in [0.717, 1.165) is 19.3 Å². The average molecular weight is 735 g/mol. The van der Waals surface area contributed by atoms with Crippen molar-refractivity contribution in [2.45, 2.75) is 270 Å². The summed E-state index contributed by atoms with van der Waals surface area (Å²) < 4.78 is 11.2. The number of rotatable bonds is 45. The first-order valence-electron chi connectivity index (χ1n) is 23.8. The Kier molecular flexibility index (Phi) is 45.5. The molecule has 0 aliphatic carbocycles. The Hall–Kier alpha value is -0.870. The molecule has 0 aliphatic heterocycles. The van der Waals surface area contributed by atoms with E-state index in [0.29, 0.717) is 19.6 Å². The third-order valence-electron chi connectivity index (χ3n) is 10.8. The number of hydrogen-bond acceptors (Lipinski definition) is 4. The maximum Gasteiger partial charge on any atom is 0.306 e. The zero-order valence-corrected chi connectivity index (χ0v) is 35.6. The molecule has 4 nitrogen and oxygen atoms in total. The first-order chi connectivity index (χ1) is 25.7. The number of carbonyl (C=O) groups is 1. The lowest BCUT2D eigenvalue weighted by Gasteiger charge is -2.15. The number of aliphatic hydroxyl groups excluding tert-OH is 1. The lowest BCUT2D eigenvalue weighted by atomic mass is 10.0. The summed E-state index contributed by atoms with van der Waals surface area (Å²) in [4.78, 5) is 12.2. The summed E-state index contributed by atoms with van der Waals surface area (Å²) in [6, 6.07) is 0. The first kappa shape index (κ1) is 51.1. The zero-order chi connectivity index (χ0) is 37.7. The van der Waals surface area contributed by atoms with Crippen LogP contribution in [0.5, 0.6) is 0 Å². The minimum absolute atomic E-state index is 0.168. The average Bonchev–Trinajstić information content (AvgIpc) is 3.15. The SMILES string of the molecule is CCCCCCCC/C=C\CCCCCCCCOCC(CO)OC(=O)CCCCCCCCCCCCCCCCCCCCCCCCCC. The van der Waals surface area contributed by atoms with Gasteiger partial charge in [-0.2, -0.15) is 0 Å². The molecule has 0 bridgehead atoms. The van der Waals surface area contributed by atoms with Gasteiger partial charge in [-0.25, -0.2) is 0 Å². The van der Waals surface area contributed by atoms with Crippen LogP contribution in [-0.2, 0) is 14.3 Å². The summed E-state index contributed by atoms with van der Waals surface area (Å²) in [7, 11) is 0. The highest BCUT2D eigenvalue weighted by atomic mass is 16.6. The molecule has 0 heterocycles. The second-order valence-electron chi connectivity index (χ2n) is 16.2. The third-order valence-corrected chi connectivity index (χ3v) is 10.8. The van der Waals surface area contributed by atoms with Gasteiger partial charge in [-0.05, 0) is 38.5 Å². The van der Waals surface area contributed by atoms with Crippen LogP contribution >= 0.6 is 0 Å². The minimum Gasteiger partial charge on any atom is -0.457 e. The highest BCUT2D eigenvalue weighted by molar-refractivity contribution is 5.69. The van der Waals surface area contributed by atoms with Crippen molar-refractivity contribution < 1.29 is 19.4 Å². The van der Waals surface area contributed by atoms with E-state index in [1.54, 1.807) is 0 Å². The van der Waals surface area contributed by atoms with Gasteiger partial charge in [0.25, 0.3) is 0 Å². The number of aliphatic hydroxyl groups is 1. The van der Waals surface area contributed by atoms with Gasteiger partial charge >= 0.3 is 5.97 Å². The molecule has 52 heavy (non-hydrogen) atoms.